The van der Waals surface area contributed by atoms with E-state index in [9.17, 15) is 25.3 Å². The van der Waals surface area contributed by atoms with Crippen molar-refractivity contribution in [2.24, 2.45) is 0 Å². The lowest BCUT2D eigenvalue weighted by Crippen LogP contribution is -2.46. The minimum absolute atomic E-state index is 0.0219. The first-order chi connectivity index (χ1) is 26.2. The van der Waals surface area contributed by atoms with E-state index in [2.05, 4.69) is 0 Å². The van der Waals surface area contributed by atoms with Gasteiger partial charge < -0.3 is 29.2 Å². The Morgan fingerprint density at radius 3 is 0.873 bits per heavy atom. The number of sulfonamides is 3. The van der Waals surface area contributed by atoms with Crippen LogP contribution in [0.15, 0.2) is 87.5 Å². The number of benzene rings is 3. The maximum absolute atomic E-state index is 14.2. The van der Waals surface area contributed by atoms with Crippen molar-refractivity contribution in [3.8, 4) is 0 Å². The van der Waals surface area contributed by atoms with Crippen molar-refractivity contribution in [3.05, 3.63) is 89.5 Å². The molecule has 0 spiro atoms. The average Bonchev–Trinajstić information content (AvgIpc) is 3.15. The molecule has 3 aromatic carbocycles. The van der Waals surface area contributed by atoms with E-state index >= 15 is 0 Å². The molecule has 55 heavy (non-hydrogen) atoms. The summed E-state index contributed by atoms with van der Waals surface area (Å²) in [6, 6.07) is 18.8. The van der Waals surface area contributed by atoms with Crippen molar-refractivity contribution in [1.82, 2.24) is 12.9 Å². The molecule has 18 heteroatoms. The lowest BCUT2D eigenvalue weighted by molar-refractivity contribution is 0.0304. The van der Waals surface area contributed by atoms with E-state index in [0.29, 0.717) is 0 Å². The Balaban J connectivity index is 1.92. The van der Waals surface area contributed by atoms with Crippen molar-refractivity contribution in [3.63, 3.8) is 0 Å². The smallest absolute Gasteiger partial charge is 0.243 e. The van der Waals surface area contributed by atoms with Crippen LogP contribution in [0.5, 0.6) is 0 Å². The van der Waals surface area contributed by atoms with Crippen molar-refractivity contribution < 1.29 is 54.4 Å². The number of hydrogen-bond acceptors (Lipinski definition) is 12. The summed E-state index contributed by atoms with van der Waals surface area (Å²) in [5, 5.41) is 17.8. The monoisotopic (exact) mass is 829 g/mol. The second-order valence-corrected chi connectivity index (χ2v) is 18.4. The summed E-state index contributed by atoms with van der Waals surface area (Å²) < 4.78 is 109. The molecule has 0 atom stereocenters. The number of ether oxygens (including phenoxy) is 4. The SMILES string of the molecule is Cc1ccc(S(=O)(=O)N(CCOCCOCCO)CCN(CCN(CCOCCOCCO)S(=O)(=O)c2ccc(C)cc2)S(=O)(=O)c2ccc(C)cc2)cc1. The van der Waals surface area contributed by atoms with Gasteiger partial charge in [-0.25, -0.2) is 25.3 Å². The second kappa shape index (κ2) is 23.4. The predicted molar refractivity (Wildman–Crippen MR) is 207 cm³/mol. The van der Waals surface area contributed by atoms with E-state index < -0.39 is 30.1 Å². The van der Waals surface area contributed by atoms with Crippen LogP contribution in [0.1, 0.15) is 16.7 Å². The fourth-order valence-corrected chi connectivity index (χ4v) is 9.44. The zero-order chi connectivity index (χ0) is 40.3. The molecule has 0 saturated carbocycles. The summed E-state index contributed by atoms with van der Waals surface area (Å²) in [7, 11) is -12.5. The Hall–Kier alpha value is -2.85. The van der Waals surface area contributed by atoms with Crippen molar-refractivity contribution in [2.75, 3.05) is 105 Å². The van der Waals surface area contributed by atoms with Gasteiger partial charge in [-0.15, -0.1) is 0 Å². The molecular weight excluding hydrogens is 775 g/mol. The molecule has 3 aromatic rings. The average molecular weight is 830 g/mol. The van der Waals surface area contributed by atoms with Gasteiger partial charge in [0.1, 0.15) is 0 Å². The third-order valence-electron chi connectivity index (χ3n) is 8.36. The van der Waals surface area contributed by atoms with Gasteiger partial charge >= 0.3 is 0 Å². The topological polar surface area (TPSA) is 190 Å². The molecule has 15 nitrogen and oxygen atoms in total. The highest BCUT2D eigenvalue weighted by atomic mass is 32.2. The van der Waals surface area contributed by atoms with Gasteiger partial charge in [0, 0.05) is 39.3 Å². The molecule has 0 amide bonds. The van der Waals surface area contributed by atoms with Crippen LogP contribution in [0.4, 0.5) is 0 Å². The molecule has 3 rings (SSSR count). The Morgan fingerprint density at radius 2 is 0.618 bits per heavy atom. The molecule has 0 heterocycles. The van der Waals surface area contributed by atoms with Crippen LogP contribution < -0.4 is 0 Å². The Bertz CT molecular complexity index is 1780. The molecule has 0 aliphatic carbocycles. The molecule has 0 bridgehead atoms. The number of nitrogens with zero attached hydrogens (tertiary/aromatic N) is 3. The number of aliphatic hydroxyl groups is 2. The molecule has 0 radical (unpaired) electrons. The number of rotatable bonds is 28. The van der Waals surface area contributed by atoms with Gasteiger partial charge in [-0.1, -0.05) is 53.1 Å². The summed E-state index contributed by atoms with van der Waals surface area (Å²) >= 11 is 0. The van der Waals surface area contributed by atoms with Crippen molar-refractivity contribution in [2.45, 2.75) is 35.5 Å². The first-order valence-corrected chi connectivity index (χ1v) is 22.3. The summed E-state index contributed by atoms with van der Waals surface area (Å²) in [4.78, 5) is 0.0142. The molecule has 2 N–H and O–H groups in total. The van der Waals surface area contributed by atoms with Gasteiger partial charge in [0.25, 0.3) is 0 Å². The largest absolute Gasteiger partial charge is 0.394 e. The Labute approximate surface area is 326 Å². The normalized spacial score (nSPS) is 12.7. The second-order valence-electron chi connectivity index (χ2n) is 12.5. The molecule has 0 saturated heterocycles. The Morgan fingerprint density at radius 1 is 0.382 bits per heavy atom. The third-order valence-corrected chi connectivity index (χ3v) is 14.1. The van der Waals surface area contributed by atoms with Crippen LogP contribution in [0.2, 0.25) is 0 Å². The summed E-state index contributed by atoms with van der Waals surface area (Å²) in [6.07, 6.45) is 0. The van der Waals surface area contributed by atoms with Crippen LogP contribution in [0.25, 0.3) is 0 Å². The summed E-state index contributed by atoms with van der Waals surface area (Å²) in [5.41, 5.74) is 2.55. The number of aryl methyl sites for hydroxylation is 3. The number of aliphatic hydroxyl groups excluding tert-OH is 2. The van der Waals surface area contributed by atoms with Gasteiger partial charge in [-0.3, -0.25) is 0 Å². The predicted octanol–water partition coefficient (Wildman–Crippen LogP) is 2.04. The molecule has 0 unspecified atom stereocenters. The molecule has 308 valence electrons. The lowest BCUT2D eigenvalue weighted by atomic mass is 10.2. The summed E-state index contributed by atoms with van der Waals surface area (Å²) in [6.45, 7) is 4.73. The maximum atomic E-state index is 14.2. The van der Waals surface area contributed by atoms with Crippen LogP contribution in [-0.4, -0.2) is 154 Å². The van der Waals surface area contributed by atoms with Crippen LogP contribution in [-0.2, 0) is 49.0 Å². The quantitative estimate of drug-likeness (QED) is 0.102. The zero-order valence-corrected chi connectivity index (χ0v) is 34.2. The van der Waals surface area contributed by atoms with E-state index in [1.807, 2.05) is 20.8 Å². The standard InChI is InChI=1S/C37H55N3O12S3/c1-32-4-10-35(11-5-32)53(43,44)38(16-18-39(20-24-49-28-30-51-26-22-41)54(45,46)36-12-6-33(2)7-13-36)17-19-40(21-25-50-29-31-52-27-23-42)55(47,48)37-14-8-34(3)9-15-37/h4-15,41-42H,16-31H2,1-3H3. The first-order valence-electron chi connectivity index (χ1n) is 18.0. The third kappa shape index (κ3) is 14.9. The van der Waals surface area contributed by atoms with Gasteiger partial charge in [-0.2, -0.15) is 12.9 Å². The van der Waals surface area contributed by atoms with Crippen molar-refractivity contribution in [1.29, 1.82) is 0 Å². The Kier molecular flexibility index (Phi) is 19.8. The molecular formula is C37H55N3O12S3. The minimum Gasteiger partial charge on any atom is -0.394 e. The fraction of sp³-hybridized carbons (Fsp3) is 0.514. The minimum atomic E-state index is -4.26. The highest BCUT2D eigenvalue weighted by molar-refractivity contribution is 7.89. The van der Waals surface area contributed by atoms with Gasteiger partial charge in [-0.05, 0) is 57.2 Å². The van der Waals surface area contributed by atoms with E-state index in [4.69, 9.17) is 29.2 Å². The van der Waals surface area contributed by atoms with Gasteiger partial charge in [0.05, 0.1) is 80.8 Å². The van der Waals surface area contributed by atoms with E-state index in [1.54, 1.807) is 36.4 Å². The fourth-order valence-electron chi connectivity index (χ4n) is 5.19. The van der Waals surface area contributed by atoms with Crippen molar-refractivity contribution >= 4 is 30.1 Å². The maximum Gasteiger partial charge on any atom is 0.243 e. The van der Waals surface area contributed by atoms with Crippen LogP contribution >= 0.6 is 0 Å². The van der Waals surface area contributed by atoms with Crippen LogP contribution in [0, 0.1) is 20.8 Å². The molecule has 0 aliphatic rings. The van der Waals surface area contributed by atoms with Gasteiger partial charge in [0.15, 0.2) is 0 Å². The molecule has 0 aromatic heterocycles. The van der Waals surface area contributed by atoms with Crippen LogP contribution in [0.3, 0.4) is 0 Å². The highest BCUT2D eigenvalue weighted by Crippen LogP contribution is 2.21. The molecule has 0 aliphatic heterocycles. The van der Waals surface area contributed by atoms with Gasteiger partial charge in [0.2, 0.25) is 30.1 Å². The highest BCUT2D eigenvalue weighted by Gasteiger charge is 2.31. The number of hydrogen-bond donors (Lipinski definition) is 2. The zero-order valence-electron chi connectivity index (χ0n) is 31.8. The van der Waals surface area contributed by atoms with E-state index in [1.165, 1.54) is 36.4 Å². The first kappa shape index (κ1) is 46.5. The molecule has 0 fully saturated rings. The van der Waals surface area contributed by atoms with E-state index in [-0.39, 0.29) is 120 Å². The van der Waals surface area contributed by atoms with E-state index in [0.717, 1.165) is 29.6 Å². The summed E-state index contributed by atoms with van der Waals surface area (Å²) in [5.74, 6) is 0. The lowest BCUT2D eigenvalue weighted by Gasteiger charge is -2.29.